The molecular formula is C9H10FN3O. The molecule has 2 aromatic heterocycles. The fourth-order valence-electron chi connectivity index (χ4n) is 1.31. The highest BCUT2D eigenvalue weighted by molar-refractivity contribution is 5.64. The van der Waals surface area contributed by atoms with E-state index < -0.39 is 5.82 Å². The summed E-state index contributed by atoms with van der Waals surface area (Å²) in [4.78, 5) is 0. The zero-order chi connectivity index (χ0) is 10.3. The maximum absolute atomic E-state index is 13.5. The topological polar surface area (TPSA) is 57.0 Å². The zero-order valence-electron chi connectivity index (χ0n) is 7.91. The van der Waals surface area contributed by atoms with E-state index in [1.165, 1.54) is 10.9 Å². The SMILES string of the molecule is Cc1occc1-c1nn(C)c(N)c1F. The molecule has 0 atom stereocenters. The fourth-order valence-corrected chi connectivity index (χ4v) is 1.31. The Bertz CT molecular complexity index is 472. The summed E-state index contributed by atoms with van der Waals surface area (Å²) >= 11 is 0. The fraction of sp³-hybridized carbons (Fsp3) is 0.222. The molecule has 0 saturated carbocycles. The quantitative estimate of drug-likeness (QED) is 0.753. The zero-order valence-corrected chi connectivity index (χ0v) is 7.91. The first-order valence-electron chi connectivity index (χ1n) is 4.13. The number of nitrogens with zero attached hydrogens (tertiary/aromatic N) is 2. The van der Waals surface area contributed by atoms with Gasteiger partial charge in [-0.25, -0.2) is 9.07 Å². The Morgan fingerprint density at radius 3 is 2.71 bits per heavy atom. The van der Waals surface area contributed by atoms with Crippen molar-refractivity contribution >= 4 is 5.82 Å². The number of hydrogen-bond donors (Lipinski definition) is 1. The van der Waals surface area contributed by atoms with Gasteiger partial charge in [0.05, 0.1) is 6.26 Å². The van der Waals surface area contributed by atoms with Gasteiger partial charge in [-0.2, -0.15) is 5.10 Å². The molecule has 2 rings (SSSR count). The molecule has 0 bridgehead atoms. The lowest BCUT2D eigenvalue weighted by atomic mass is 10.2. The van der Waals surface area contributed by atoms with Gasteiger partial charge >= 0.3 is 0 Å². The van der Waals surface area contributed by atoms with Gasteiger partial charge in [-0.05, 0) is 13.0 Å². The maximum Gasteiger partial charge on any atom is 0.192 e. The van der Waals surface area contributed by atoms with E-state index in [1.807, 2.05) is 0 Å². The third-order valence-electron chi connectivity index (χ3n) is 2.15. The number of nitrogen functional groups attached to an aromatic ring is 1. The number of rotatable bonds is 1. The van der Waals surface area contributed by atoms with E-state index in [9.17, 15) is 4.39 Å². The van der Waals surface area contributed by atoms with Gasteiger partial charge in [-0.1, -0.05) is 0 Å². The van der Waals surface area contributed by atoms with Crippen LogP contribution >= 0.6 is 0 Å². The molecule has 5 heteroatoms. The molecule has 74 valence electrons. The Hall–Kier alpha value is -1.78. The molecule has 0 aromatic carbocycles. The Kier molecular flexibility index (Phi) is 1.80. The maximum atomic E-state index is 13.5. The van der Waals surface area contributed by atoms with Crippen molar-refractivity contribution in [1.82, 2.24) is 9.78 Å². The van der Waals surface area contributed by atoms with Crippen molar-refractivity contribution in [2.45, 2.75) is 6.92 Å². The van der Waals surface area contributed by atoms with Crippen molar-refractivity contribution in [2.24, 2.45) is 7.05 Å². The minimum absolute atomic E-state index is 0.0283. The molecule has 0 spiro atoms. The van der Waals surface area contributed by atoms with Crippen LogP contribution in [0.25, 0.3) is 11.3 Å². The second-order valence-electron chi connectivity index (χ2n) is 3.06. The van der Waals surface area contributed by atoms with Crippen molar-refractivity contribution in [2.75, 3.05) is 5.73 Å². The first kappa shape index (κ1) is 8.80. The van der Waals surface area contributed by atoms with Crippen LogP contribution in [0.5, 0.6) is 0 Å². The van der Waals surface area contributed by atoms with Crippen LogP contribution in [-0.2, 0) is 7.05 Å². The number of halogens is 1. The van der Waals surface area contributed by atoms with E-state index >= 15 is 0 Å². The van der Waals surface area contributed by atoms with Crippen molar-refractivity contribution in [3.05, 3.63) is 23.9 Å². The van der Waals surface area contributed by atoms with E-state index in [-0.39, 0.29) is 11.5 Å². The third kappa shape index (κ3) is 1.09. The average molecular weight is 195 g/mol. The molecule has 0 radical (unpaired) electrons. The van der Waals surface area contributed by atoms with Crippen LogP contribution in [0.3, 0.4) is 0 Å². The number of anilines is 1. The molecule has 0 saturated heterocycles. The summed E-state index contributed by atoms with van der Waals surface area (Å²) in [5.74, 6) is 0.152. The molecule has 4 nitrogen and oxygen atoms in total. The molecule has 2 N–H and O–H groups in total. The Labute approximate surface area is 80.1 Å². The van der Waals surface area contributed by atoms with Crippen molar-refractivity contribution in [3.63, 3.8) is 0 Å². The number of aryl methyl sites for hydroxylation is 2. The van der Waals surface area contributed by atoms with E-state index in [0.717, 1.165) is 0 Å². The molecule has 0 aliphatic heterocycles. The summed E-state index contributed by atoms with van der Waals surface area (Å²) in [6.45, 7) is 1.75. The smallest absolute Gasteiger partial charge is 0.192 e. The Morgan fingerprint density at radius 1 is 1.57 bits per heavy atom. The van der Waals surface area contributed by atoms with Crippen LogP contribution in [0.2, 0.25) is 0 Å². The highest BCUT2D eigenvalue weighted by Gasteiger charge is 2.17. The second-order valence-corrected chi connectivity index (χ2v) is 3.06. The Morgan fingerprint density at radius 2 is 2.29 bits per heavy atom. The monoisotopic (exact) mass is 195 g/mol. The summed E-state index contributed by atoms with van der Waals surface area (Å²) in [5.41, 5.74) is 6.32. The van der Waals surface area contributed by atoms with Gasteiger partial charge in [-0.3, -0.25) is 0 Å². The Balaban J connectivity index is 2.63. The lowest BCUT2D eigenvalue weighted by Crippen LogP contribution is -1.97. The predicted molar refractivity (Wildman–Crippen MR) is 50.0 cm³/mol. The molecule has 0 fully saturated rings. The van der Waals surface area contributed by atoms with E-state index in [2.05, 4.69) is 5.10 Å². The number of furan rings is 1. The van der Waals surface area contributed by atoms with Crippen LogP contribution in [0.4, 0.5) is 10.2 Å². The van der Waals surface area contributed by atoms with Gasteiger partial charge in [0.1, 0.15) is 11.5 Å². The van der Waals surface area contributed by atoms with Crippen LogP contribution in [0.1, 0.15) is 5.76 Å². The van der Waals surface area contributed by atoms with Gasteiger partial charge in [0.25, 0.3) is 0 Å². The summed E-state index contributed by atoms with van der Waals surface area (Å²) in [5, 5.41) is 3.97. The average Bonchev–Trinajstić information content (AvgIpc) is 2.66. The normalized spacial score (nSPS) is 10.8. The van der Waals surface area contributed by atoms with Crippen LogP contribution in [0, 0.1) is 12.7 Å². The van der Waals surface area contributed by atoms with Crippen LogP contribution < -0.4 is 5.73 Å². The molecule has 0 unspecified atom stereocenters. The third-order valence-corrected chi connectivity index (χ3v) is 2.15. The number of hydrogen-bond acceptors (Lipinski definition) is 3. The largest absolute Gasteiger partial charge is 0.469 e. The van der Waals surface area contributed by atoms with E-state index in [0.29, 0.717) is 11.3 Å². The van der Waals surface area contributed by atoms with Gasteiger partial charge in [0.2, 0.25) is 0 Å². The first-order valence-corrected chi connectivity index (χ1v) is 4.13. The minimum atomic E-state index is -0.503. The van der Waals surface area contributed by atoms with Gasteiger partial charge < -0.3 is 10.2 Å². The lowest BCUT2D eigenvalue weighted by Gasteiger charge is -1.91. The molecule has 0 aliphatic rings. The first-order chi connectivity index (χ1) is 6.61. The van der Waals surface area contributed by atoms with Gasteiger partial charge in [-0.15, -0.1) is 0 Å². The van der Waals surface area contributed by atoms with Gasteiger partial charge in [0.15, 0.2) is 11.6 Å². The van der Waals surface area contributed by atoms with Crippen LogP contribution in [-0.4, -0.2) is 9.78 Å². The standard InChI is InChI=1S/C9H10FN3O/c1-5-6(3-4-14-5)8-7(10)9(11)13(2)12-8/h3-4H,11H2,1-2H3. The minimum Gasteiger partial charge on any atom is -0.469 e. The number of nitrogens with two attached hydrogens (primary N) is 1. The molecule has 0 amide bonds. The number of aromatic nitrogens is 2. The van der Waals surface area contributed by atoms with Crippen molar-refractivity contribution < 1.29 is 8.81 Å². The van der Waals surface area contributed by atoms with E-state index in [4.69, 9.17) is 10.2 Å². The van der Waals surface area contributed by atoms with Gasteiger partial charge in [0, 0.05) is 12.6 Å². The molecular weight excluding hydrogens is 185 g/mol. The molecule has 2 aromatic rings. The summed E-state index contributed by atoms with van der Waals surface area (Å²) in [7, 11) is 1.59. The molecule has 2 heterocycles. The van der Waals surface area contributed by atoms with Crippen molar-refractivity contribution in [1.29, 1.82) is 0 Å². The summed E-state index contributed by atoms with van der Waals surface area (Å²) < 4.78 is 19.9. The molecule has 14 heavy (non-hydrogen) atoms. The highest BCUT2D eigenvalue weighted by atomic mass is 19.1. The summed E-state index contributed by atoms with van der Waals surface area (Å²) in [6.07, 6.45) is 1.50. The highest BCUT2D eigenvalue weighted by Crippen LogP contribution is 2.27. The van der Waals surface area contributed by atoms with Crippen molar-refractivity contribution in [3.8, 4) is 11.3 Å². The lowest BCUT2D eigenvalue weighted by molar-refractivity contribution is 0.534. The second kappa shape index (κ2) is 2.87. The summed E-state index contributed by atoms with van der Waals surface area (Å²) in [6, 6.07) is 1.67. The van der Waals surface area contributed by atoms with E-state index in [1.54, 1.807) is 20.0 Å². The molecule has 0 aliphatic carbocycles. The predicted octanol–water partition coefficient (Wildman–Crippen LogP) is 1.71. The van der Waals surface area contributed by atoms with Crippen LogP contribution in [0.15, 0.2) is 16.7 Å².